The van der Waals surface area contributed by atoms with Gasteiger partial charge in [0.1, 0.15) is 0 Å². The van der Waals surface area contributed by atoms with Gasteiger partial charge in [0.05, 0.1) is 7.11 Å². The topological polar surface area (TPSA) is 34.1 Å². The lowest BCUT2D eigenvalue weighted by molar-refractivity contribution is 0.397. The monoisotopic (exact) mass is 284 g/mol. The standard InChI is InChI=1S/C18H24N2O/c1-5-19-17(16-8-6-13(2)14(3)10-16)11-15-7-9-18(21-4)20-12-15/h6-10,12,17,19H,5,11H2,1-4H3. The summed E-state index contributed by atoms with van der Waals surface area (Å²) >= 11 is 0. The molecule has 0 saturated carbocycles. The molecule has 2 aromatic rings. The Kier molecular flexibility index (Phi) is 5.34. The lowest BCUT2D eigenvalue weighted by atomic mass is 9.96. The number of pyridine rings is 1. The summed E-state index contributed by atoms with van der Waals surface area (Å²) < 4.78 is 5.11. The Morgan fingerprint density at radius 3 is 2.52 bits per heavy atom. The predicted molar refractivity (Wildman–Crippen MR) is 86.8 cm³/mol. The van der Waals surface area contributed by atoms with Gasteiger partial charge in [0.2, 0.25) is 5.88 Å². The second kappa shape index (κ2) is 7.23. The van der Waals surface area contributed by atoms with E-state index in [0.717, 1.165) is 13.0 Å². The van der Waals surface area contributed by atoms with Crippen LogP contribution in [0.4, 0.5) is 0 Å². The molecule has 0 fully saturated rings. The highest BCUT2D eigenvalue weighted by Gasteiger charge is 2.12. The fourth-order valence-electron chi connectivity index (χ4n) is 2.42. The highest BCUT2D eigenvalue weighted by molar-refractivity contribution is 5.33. The molecule has 2 rings (SSSR count). The molecule has 21 heavy (non-hydrogen) atoms. The Morgan fingerprint density at radius 1 is 1.14 bits per heavy atom. The van der Waals surface area contributed by atoms with Gasteiger partial charge in [-0.05, 0) is 49.1 Å². The van der Waals surface area contributed by atoms with Crippen molar-refractivity contribution in [2.45, 2.75) is 33.2 Å². The van der Waals surface area contributed by atoms with Crippen molar-refractivity contribution in [3.63, 3.8) is 0 Å². The van der Waals surface area contributed by atoms with E-state index in [4.69, 9.17) is 4.74 Å². The summed E-state index contributed by atoms with van der Waals surface area (Å²) in [6.45, 7) is 7.40. The van der Waals surface area contributed by atoms with Gasteiger partial charge in [-0.3, -0.25) is 0 Å². The molecule has 1 N–H and O–H groups in total. The number of aryl methyl sites for hydroxylation is 2. The molecule has 0 saturated heterocycles. The Labute approximate surface area is 127 Å². The fraction of sp³-hybridized carbons (Fsp3) is 0.389. The van der Waals surface area contributed by atoms with Gasteiger partial charge in [-0.15, -0.1) is 0 Å². The van der Waals surface area contributed by atoms with Gasteiger partial charge in [-0.25, -0.2) is 4.98 Å². The minimum absolute atomic E-state index is 0.310. The quantitative estimate of drug-likeness (QED) is 0.880. The first-order valence-electron chi connectivity index (χ1n) is 7.43. The molecule has 0 radical (unpaired) electrons. The lowest BCUT2D eigenvalue weighted by Gasteiger charge is -2.19. The van der Waals surface area contributed by atoms with Crippen molar-refractivity contribution in [3.8, 4) is 5.88 Å². The summed E-state index contributed by atoms with van der Waals surface area (Å²) in [6.07, 6.45) is 2.82. The first kappa shape index (κ1) is 15.5. The number of ether oxygens (including phenoxy) is 1. The van der Waals surface area contributed by atoms with Crippen molar-refractivity contribution in [3.05, 3.63) is 58.8 Å². The second-order valence-electron chi connectivity index (χ2n) is 5.37. The molecule has 0 amide bonds. The van der Waals surface area contributed by atoms with Crippen molar-refractivity contribution in [1.29, 1.82) is 0 Å². The summed E-state index contributed by atoms with van der Waals surface area (Å²) in [5, 5.41) is 3.56. The van der Waals surface area contributed by atoms with E-state index in [0.29, 0.717) is 11.9 Å². The minimum atomic E-state index is 0.310. The van der Waals surface area contributed by atoms with Crippen LogP contribution in [0, 0.1) is 13.8 Å². The van der Waals surface area contributed by atoms with E-state index in [1.807, 2.05) is 12.3 Å². The van der Waals surface area contributed by atoms with Crippen molar-refractivity contribution in [1.82, 2.24) is 10.3 Å². The molecule has 3 heteroatoms. The van der Waals surface area contributed by atoms with Crippen LogP contribution in [-0.4, -0.2) is 18.6 Å². The summed E-state index contributed by atoms with van der Waals surface area (Å²) in [5.74, 6) is 0.657. The number of rotatable bonds is 6. The van der Waals surface area contributed by atoms with Crippen molar-refractivity contribution >= 4 is 0 Å². The fourth-order valence-corrected chi connectivity index (χ4v) is 2.42. The Morgan fingerprint density at radius 2 is 1.95 bits per heavy atom. The zero-order chi connectivity index (χ0) is 15.2. The van der Waals surface area contributed by atoms with Gasteiger partial charge in [-0.1, -0.05) is 31.2 Å². The molecule has 0 spiro atoms. The number of hydrogen-bond donors (Lipinski definition) is 1. The van der Waals surface area contributed by atoms with Crippen LogP contribution in [0.15, 0.2) is 36.5 Å². The van der Waals surface area contributed by atoms with E-state index < -0.39 is 0 Å². The third kappa shape index (κ3) is 4.05. The number of benzene rings is 1. The van der Waals surface area contributed by atoms with Crippen molar-refractivity contribution < 1.29 is 4.74 Å². The van der Waals surface area contributed by atoms with Gasteiger partial charge in [0.25, 0.3) is 0 Å². The van der Waals surface area contributed by atoms with E-state index >= 15 is 0 Å². The maximum Gasteiger partial charge on any atom is 0.212 e. The second-order valence-corrected chi connectivity index (χ2v) is 5.37. The molecule has 0 aliphatic heterocycles. The van der Waals surface area contributed by atoms with Gasteiger partial charge in [0.15, 0.2) is 0 Å². The van der Waals surface area contributed by atoms with Crippen LogP contribution >= 0.6 is 0 Å². The van der Waals surface area contributed by atoms with Gasteiger partial charge in [-0.2, -0.15) is 0 Å². The lowest BCUT2D eigenvalue weighted by Crippen LogP contribution is -2.23. The summed E-state index contributed by atoms with van der Waals surface area (Å²) in [7, 11) is 1.64. The van der Waals surface area contributed by atoms with Crippen LogP contribution in [0.3, 0.4) is 0 Å². The van der Waals surface area contributed by atoms with Crippen molar-refractivity contribution in [2.75, 3.05) is 13.7 Å². The molecule has 0 aliphatic rings. The van der Waals surface area contributed by atoms with E-state index in [2.05, 4.69) is 55.3 Å². The Hall–Kier alpha value is -1.87. The van der Waals surface area contributed by atoms with Crippen LogP contribution in [0.1, 0.15) is 35.2 Å². The summed E-state index contributed by atoms with van der Waals surface area (Å²) in [4.78, 5) is 4.29. The molecule has 1 aromatic carbocycles. The van der Waals surface area contributed by atoms with Crippen LogP contribution in [0.5, 0.6) is 5.88 Å². The zero-order valence-electron chi connectivity index (χ0n) is 13.3. The zero-order valence-corrected chi connectivity index (χ0v) is 13.3. The summed E-state index contributed by atoms with van der Waals surface area (Å²) in [5.41, 5.74) is 5.21. The van der Waals surface area contributed by atoms with Crippen LogP contribution < -0.4 is 10.1 Å². The van der Waals surface area contributed by atoms with Crippen LogP contribution in [0.2, 0.25) is 0 Å². The maximum absolute atomic E-state index is 5.11. The summed E-state index contributed by atoms with van der Waals surface area (Å²) in [6, 6.07) is 11.0. The largest absolute Gasteiger partial charge is 0.481 e. The smallest absolute Gasteiger partial charge is 0.212 e. The van der Waals surface area contributed by atoms with E-state index in [1.165, 1.54) is 22.3 Å². The molecule has 112 valence electrons. The normalized spacial score (nSPS) is 12.2. The SMILES string of the molecule is CCNC(Cc1ccc(OC)nc1)c1ccc(C)c(C)c1. The van der Waals surface area contributed by atoms with Gasteiger partial charge < -0.3 is 10.1 Å². The maximum atomic E-state index is 5.11. The number of aromatic nitrogens is 1. The predicted octanol–water partition coefficient (Wildman–Crippen LogP) is 3.60. The van der Waals surface area contributed by atoms with Gasteiger partial charge >= 0.3 is 0 Å². The first-order valence-corrected chi connectivity index (χ1v) is 7.43. The van der Waals surface area contributed by atoms with Crippen molar-refractivity contribution in [2.24, 2.45) is 0 Å². The number of nitrogens with one attached hydrogen (secondary N) is 1. The molecule has 1 heterocycles. The molecule has 0 bridgehead atoms. The number of hydrogen-bond acceptors (Lipinski definition) is 3. The molecule has 1 aromatic heterocycles. The number of nitrogens with zero attached hydrogens (tertiary/aromatic N) is 1. The first-order chi connectivity index (χ1) is 10.1. The average molecular weight is 284 g/mol. The van der Waals surface area contributed by atoms with Crippen LogP contribution in [-0.2, 0) is 6.42 Å². The van der Waals surface area contributed by atoms with Crippen LogP contribution in [0.25, 0.3) is 0 Å². The van der Waals surface area contributed by atoms with Gasteiger partial charge in [0, 0.05) is 18.3 Å². The third-order valence-electron chi connectivity index (χ3n) is 3.83. The number of methoxy groups -OCH3 is 1. The number of likely N-dealkylation sites (N-methyl/N-ethyl adjacent to an activating group) is 1. The van der Waals surface area contributed by atoms with E-state index in [-0.39, 0.29) is 0 Å². The Balaban J connectivity index is 2.19. The highest BCUT2D eigenvalue weighted by Crippen LogP contribution is 2.21. The minimum Gasteiger partial charge on any atom is -0.481 e. The molecular weight excluding hydrogens is 260 g/mol. The van der Waals surface area contributed by atoms with E-state index in [1.54, 1.807) is 7.11 Å². The Bertz CT molecular complexity index is 578. The molecule has 1 unspecified atom stereocenters. The third-order valence-corrected chi connectivity index (χ3v) is 3.83. The molecule has 1 atom stereocenters. The van der Waals surface area contributed by atoms with E-state index in [9.17, 15) is 0 Å². The molecule has 3 nitrogen and oxygen atoms in total. The highest BCUT2D eigenvalue weighted by atomic mass is 16.5. The molecular formula is C18H24N2O. The molecule has 0 aliphatic carbocycles. The average Bonchev–Trinajstić information content (AvgIpc) is 2.50.